The van der Waals surface area contributed by atoms with Gasteiger partial charge in [-0.1, -0.05) is 0 Å². The van der Waals surface area contributed by atoms with Gasteiger partial charge in [-0.3, -0.25) is 4.79 Å². The summed E-state index contributed by atoms with van der Waals surface area (Å²) in [5, 5.41) is 3.09. The van der Waals surface area contributed by atoms with Crippen molar-refractivity contribution in [2.24, 2.45) is 5.73 Å². The summed E-state index contributed by atoms with van der Waals surface area (Å²) in [7, 11) is 0. The van der Waals surface area contributed by atoms with Crippen molar-refractivity contribution in [3.63, 3.8) is 0 Å². The van der Waals surface area contributed by atoms with Crippen LogP contribution in [0.25, 0.3) is 0 Å². The number of nitrogens with one attached hydrogen (secondary N) is 1. The number of carbonyl (C=O) groups is 1. The van der Waals surface area contributed by atoms with Crippen LogP contribution < -0.4 is 11.1 Å². The third kappa shape index (κ3) is 3.74. The van der Waals surface area contributed by atoms with Crippen molar-refractivity contribution in [1.29, 1.82) is 0 Å². The fraction of sp³-hybridized carbons (Fsp3) is 0.889. The number of nitrogens with zero attached hydrogens (tertiary/aromatic N) is 1. The van der Waals surface area contributed by atoms with E-state index in [9.17, 15) is 4.79 Å². The molecule has 0 spiro atoms. The topological polar surface area (TPSA) is 58.4 Å². The predicted octanol–water partition coefficient (Wildman–Crippen LogP) is -0.453. The van der Waals surface area contributed by atoms with Crippen LogP contribution in [0.2, 0.25) is 0 Å². The normalized spacial score (nSPS) is 16.5. The molecule has 1 aliphatic rings. The Bertz CT molecular complexity index is 155. The third-order valence-corrected chi connectivity index (χ3v) is 2.29. The molecule has 3 N–H and O–H groups in total. The highest BCUT2D eigenvalue weighted by molar-refractivity contribution is 5.78. The molecule has 1 fully saturated rings. The zero-order valence-electron chi connectivity index (χ0n) is 8.09. The Hall–Kier alpha value is -0.610. The molecule has 1 rings (SSSR count). The smallest absolute Gasteiger partial charge is 0.236 e. The molecule has 1 heterocycles. The maximum absolute atomic E-state index is 11.4. The number of likely N-dealkylation sites (tertiary alicyclic amines) is 1. The highest BCUT2D eigenvalue weighted by Crippen LogP contribution is 2.06. The highest BCUT2D eigenvalue weighted by Gasteiger charge is 2.16. The molecule has 0 saturated carbocycles. The summed E-state index contributed by atoms with van der Waals surface area (Å²) in [6.07, 6.45) is 3.26. The molecule has 0 aromatic rings. The SMILES string of the molecule is NCCCNCC(=O)N1CCCC1. The zero-order chi connectivity index (χ0) is 9.52. The van der Waals surface area contributed by atoms with Gasteiger partial charge >= 0.3 is 0 Å². The Balaban J connectivity index is 2.03. The van der Waals surface area contributed by atoms with E-state index in [1.165, 1.54) is 0 Å². The monoisotopic (exact) mass is 185 g/mol. The summed E-state index contributed by atoms with van der Waals surface area (Å²) < 4.78 is 0. The van der Waals surface area contributed by atoms with Gasteiger partial charge < -0.3 is 16.0 Å². The number of rotatable bonds is 5. The zero-order valence-corrected chi connectivity index (χ0v) is 8.09. The van der Waals surface area contributed by atoms with Crippen molar-refractivity contribution >= 4 is 5.91 Å². The Labute approximate surface area is 79.5 Å². The van der Waals surface area contributed by atoms with Crippen LogP contribution in [-0.4, -0.2) is 43.5 Å². The van der Waals surface area contributed by atoms with Crippen molar-refractivity contribution in [3.8, 4) is 0 Å². The summed E-state index contributed by atoms with van der Waals surface area (Å²) in [5.41, 5.74) is 5.33. The van der Waals surface area contributed by atoms with E-state index >= 15 is 0 Å². The van der Waals surface area contributed by atoms with Gasteiger partial charge in [0.15, 0.2) is 0 Å². The van der Waals surface area contributed by atoms with Crippen LogP contribution in [0.3, 0.4) is 0 Å². The second kappa shape index (κ2) is 5.94. The van der Waals surface area contributed by atoms with Crippen LogP contribution in [0.5, 0.6) is 0 Å². The van der Waals surface area contributed by atoms with Crippen LogP contribution in [0, 0.1) is 0 Å². The summed E-state index contributed by atoms with van der Waals surface area (Å²) in [6.45, 7) is 3.88. The molecule has 4 nitrogen and oxygen atoms in total. The molecule has 0 bridgehead atoms. The molecule has 76 valence electrons. The molecule has 0 aromatic heterocycles. The lowest BCUT2D eigenvalue weighted by atomic mass is 10.4. The number of carbonyl (C=O) groups excluding carboxylic acids is 1. The van der Waals surface area contributed by atoms with Crippen LogP contribution in [-0.2, 0) is 4.79 Å². The molecule has 1 amide bonds. The Kier molecular flexibility index (Phi) is 4.78. The Morgan fingerprint density at radius 2 is 2.08 bits per heavy atom. The Morgan fingerprint density at radius 3 is 2.69 bits per heavy atom. The maximum Gasteiger partial charge on any atom is 0.236 e. The number of hydrogen-bond donors (Lipinski definition) is 2. The number of amides is 1. The van der Waals surface area contributed by atoms with Gasteiger partial charge in [0.2, 0.25) is 5.91 Å². The first-order chi connectivity index (χ1) is 6.34. The maximum atomic E-state index is 11.4. The largest absolute Gasteiger partial charge is 0.342 e. The molecule has 0 atom stereocenters. The van der Waals surface area contributed by atoms with E-state index in [1.807, 2.05) is 4.90 Å². The quantitative estimate of drug-likeness (QED) is 0.570. The molecule has 1 saturated heterocycles. The molecule has 0 unspecified atom stereocenters. The van der Waals surface area contributed by atoms with Gasteiger partial charge in [0.25, 0.3) is 0 Å². The summed E-state index contributed by atoms with van der Waals surface area (Å²) in [6, 6.07) is 0. The number of hydrogen-bond acceptors (Lipinski definition) is 3. The third-order valence-electron chi connectivity index (χ3n) is 2.29. The second-order valence-corrected chi connectivity index (χ2v) is 3.41. The van der Waals surface area contributed by atoms with Gasteiger partial charge in [-0.25, -0.2) is 0 Å². The molecular weight excluding hydrogens is 166 g/mol. The van der Waals surface area contributed by atoms with Crippen molar-refractivity contribution in [2.75, 3.05) is 32.7 Å². The van der Waals surface area contributed by atoms with Gasteiger partial charge in [-0.15, -0.1) is 0 Å². The first kappa shape index (κ1) is 10.5. The Morgan fingerprint density at radius 1 is 1.38 bits per heavy atom. The van der Waals surface area contributed by atoms with Crippen molar-refractivity contribution in [1.82, 2.24) is 10.2 Å². The van der Waals surface area contributed by atoms with Crippen LogP contribution in [0.15, 0.2) is 0 Å². The summed E-state index contributed by atoms with van der Waals surface area (Å²) in [5.74, 6) is 0.231. The van der Waals surface area contributed by atoms with E-state index in [4.69, 9.17) is 5.73 Å². The van der Waals surface area contributed by atoms with Gasteiger partial charge in [0.05, 0.1) is 6.54 Å². The first-order valence-corrected chi connectivity index (χ1v) is 5.03. The van der Waals surface area contributed by atoms with Crippen molar-refractivity contribution in [2.45, 2.75) is 19.3 Å². The molecule has 13 heavy (non-hydrogen) atoms. The van der Waals surface area contributed by atoms with Gasteiger partial charge in [-0.05, 0) is 32.4 Å². The minimum atomic E-state index is 0.231. The lowest BCUT2D eigenvalue weighted by molar-refractivity contribution is -0.129. The van der Waals surface area contributed by atoms with Crippen LogP contribution in [0.1, 0.15) is 19.3 Å². The van der Waals surface area contributed by atoms with Crippen LogP contribution in [0.4, 0.5) is 0 Å². The predicted molar refractivity (Wildman–Crippen MR) is 52.4 cm³/mol. The van der Waals surface area contributed by atoms with E-state index in [-0.39, 0.29) is 5.91 Å². The van der Waals surface area contributed by atoms with E-state index in [0.29, 0.717) is 13.1 Å². The lowest BCUT2D eigenvalue weighted by Gasteiger charge is -2.15. The fourth-order valence-electron chi connectivity index (χ4n) is 1.50. The van der Waals surface area contributed by atoms with Crippen LogP contribution >= 0.6 is 0 Å². The van der Waals surface area contributed by atoms with Gasteiger partial charge in [0.1, 0.15) is 0 Å². The van der Waals surface area contributed by atoms with E-state index in [1.54, 1.807) is 0 Å². The average molecular weight is 185 g/mol. The van der Waals surface area contributed by atoms with Crippen molar-refractivity contribution < 1.29 is 4.79 Å². The van der Waals surface area contributed by atoms with Crippen molar-refractivity contribution in [3.05, 3.63) is 0 Å². The van der Waals surface area contributed by atoms with E-state index in [0.717, 1.165) is 38.9 Å². The summed E-state index contributed by atoms with van der Waals surface area (Å²) >= 11 is 0. The average Bonchev–Trinajstić information content (AvgIpc) is 2.65. The second-order valence-electron chi connectivity index (χ2n) is 3.41. The molecule has 0 aromatic carbocycles. The fourth-order valence-corrected chi connectivity index (χ4v) is 1.50. The molecule has 0 radical (unpaired) electrons. The van der Waals surface area contributed by atoms with Gasteiger partial charge in [0, 0.05) is 13.1 Å². The highest BCUT2D eigenvalue weighted by atomic mass is 16.2. The minimum absolute atomic E-state index is 0.231. The molecule has 1 aliphatic heterocycles. The van der Waals surface area contributed by atoms with Gasteiger partial charge in [-0.2, -0.15) is 0 Å². The minimum Gasteiger partial charge on any atom is -0.342 e. The van der Waals surface area contributed by atoms with E-state index < -0.39 is 0 Å². The molecule has 4 heteroatoms. The summed E-state index contributed by atoms with van der Waals surface area (Å²) in [4.78, 5) is 13.4. The molecule has 0 aliphatic carbocycles. The number of nitrogens with two attached hydrogens (primary N) is 1. The van der Waals surface area contributed by atoms with E-state index in [2.05, 4.69) is 5.32 Å². The first-order valence-electron chi connectivity index (χ1n) is 5.03. The molecular formula is C9H19N3O. The standard InChI is InChI=1S/C9H19N3O/c10-4-3-5-11-8-9(13)12-6-1-2-7-12/h11H,1-8,10H2. The lowest BCUT2D eigenvalue weighted by Crippen LogP contribution is -2.36.